The predicted octanol–water partition coefficient (Wildman–Crippen LogP) is 2.10. The molecule has 2 heterocycles. The molecule has 0 radical (unpaired) electrons. The summed E-state index contributed by atoms with van der Waals surface area (Å²) in [7, 11) is 0. The Balaban J connectivity index is 1.96. The van der Waals surface area contributed by atoms with Gasteiger partial charge in [0.25, 0.3) is 0 Å². The lowest BCUT2D eigenvalue weighted by Gasteiger charge is -2.30. The van der Waals surface area contributed by atoms with E-state index in [-0.39, 0.29) is 0 Å². The number of nitrogens with two attached hydrogens (primary N) is 1. The summed E-state index contributed by atoms with van der Waals surface area (Å²) in [6.07, 6.45) is 2.68. The predicted molar refractivity (Wildman–Crippen MR) is 74.6 cm³/mol. The number of nitrogens with zero attached hydrogens (tertiary/aromatic N) is 3. The maximum atomic E-state index is 9.15. The normalized spacial score (nSPS) is 13.7. The highest BCUT2D eigenvalue weighted by atomic mass is 15.2. The molecule has 1 aromatic heterocycles. The molecule has 0 spiro atoms. The molecule has 0 atom stereocenters. The largest absolute Gasteiger partial charge is 0.399 e. The van der Waals surface area contributed by atoms with Gasteiger partial charge in [-0.1, -0.05) is 6.07 Å². The number of hydrogen-bond donors (Lipinski definition) is 1. The standard InChI is InChI=1S/C15H14N4/c16-9-12-2-1-6-18-15(12)19-7-5-11-3-4-14(17)8-13(11)10-19/h1-4,6,8H,5,7,10,17H2. The van der Waals surface area contributed by atoms with Gasteiger partial charge in [0.05, 0.1) is 5.56 Å². The second-order valence-corrected chi connectivity index (χ2v) is 4.69. The highest BCUT2D eigenvalue weighted by Crippen LogP contribution is 2.26. The summed E-state index contributed by atoms with van der Waals surface area (Å²) in [6, 6.07) is 11.8. The summed E-state index contributed by atoms with van der Waals surface area (Å²) in [4.78, 5) is 6.48. The van der Waals surface area contributed by atoms with Crippen molar-refractivity contribution in [3.63, 3.8) is 0 Å². The summed E-state index contributed by atoms with van der Waals surface area (Å²) in [5.41, 5.74) is 9.79. The van der Waals surface area contributed by atoms with Crippen LogP contribution in [0.3, 0.4) is 0 Å². The molecule has 19 heavy (non-hydrogen) atoms. The first-order valence-electron chi connectivity index (χ1n) is 6.25. The van der Waals surface area contributed by atoms with Crippen LogP contribution in [0.5, 0.6) is 0 Å². The number of nitriles is 1. The van der Waals surface area contributed by atoms with Gasteiger partial charge in [0.15, 0.2) is 0 Å². The molecule has 0 bridgehead atoms. The fourth-order valence-electron chi connectivity index (χ4n) is 2.49. The third kappa shape index (κ3) is 2.11. The number of fused-ring (bicyclic) bond motifs is 1. The van der Waals surface area contributed by atoms with Crippen molar-refractivity contribution in [2.24, 2.45) is 0 Å². The second-order valence-electron chi connectivity index (χ2n) is 4.69. The fourth-order valence-corrected chi connectivity index (χ4v) is 2.49. The molecule has 0 unspecified atom stereocenters. The van der Waals surface area contributed by atoms with Crippen LogP contribution in [-0.2, 0) is 13.0 Å². The summed E-state index contributed by atoms with van der Waals surface area (Å²) < 4.78 is 0. The maximum absolute atomic E-state index is 9.15. The number of anilines is 2. The van der Waals surface area contributed by atoms with E-state index in [0.717, 1.165) is 31.0 Å². The lowest BCUT2D eigenvalue weighted by molar-refractivity contribution is 0.720. The molecule has 0 saturated heterocycles. The fraction of sp³-hybridized carbons (Fsp3) is 0.200. The van der Waals surface area contributed by atoms with Gasteiger partial charge in [-0.15, -0.1) is 0 Å². The number of benzene rings is 1. The number of aromatic nitrogens is 1. The summed E-state index contributed by atoms with van der Waals surface area (Å²) in [6.45, 7) is 1.63. The van der Waals surface area contributed by atoms with Gasteiger partial charge in [-0.2, -0.15) is 5.26 Å². The van der Waals surface area contributed by atoms with Gasteiger partial charge in [-0.25, -0.2) is 4.98 Å². The van der Waals surface area contributed by atoms with Crippen LogP contribution >= 0.6 is 0 Å². The number of nitrogen functional groups attached to an aromatic ring is 1. The van der Waals surface area contributed by atoms with Crippen molar-refractivity contribution in [2.45, 2.75) is 13.0 Å². The average molecular weight is 250 g/mol. The third-order valence-corrected chi connectivity index (χ3v) is 3.45. The SMILES string of the molecule is N#Cc1cccnc1N1CCc2ccc(N)cc2C1. The van der Waals surface area contributed by atoms with Crippen molar-refractivity contribution < 1.29 is 0 Å². The van der Waals surface area contributed by atoms with Crippen molar-refractivity contribution >= 4 is 11.5 Å². The Morgan fingerprint density at radius 2 is 2.16 bits per heavy atom. The molecule has 2 aromatic rings. The van der Waals surface area contributed by atoms with E-state index in [1.807, 2.05) is 12.1 Å². The monoisotopic (exact) mass is 250 g/mol. The molecule has 0 saturated carbocycles. The van der Waals surface area contributed by atoms with Gasteiger partial charge in [0, 0.05) is 25.0 Å². The third-order valence-electron chi connectivity index (χ3n) is 3.45. The van der Waals surface area contributed by atoms with Gasteiger partial charge < -0.3 is 10.6 Å². The molecular weight excluding hydrogens is 236 g/mol. The molecular formula is C15H14N4. The minimum absolute atomic E-state index is 0.620. The lowest BCUT2D eigenvalue weighted by Crippen LogP contribution is -2.31. The zero-order chi connectivity index (χ0) is 13.2. The van der Waals surface area contributed by atoms with Crippen LogP contribution < -0.4 is 10.6 Å². The van der Waals surface area contributed by atoms with E-state index in [2.05, 4.69) is 22.0 Å². The van der Waals surface area contributed by atoms with E-state index in [0.29, 0.717) is 5.56 Å². The molecule has 3 rings (SSSR count). The van der Waals surface area contributed by atoms with Crippen LogP contribution in [0, 0.1) is 11.3 Å². The van der Waals surface area contributed by atoms with Gasteiger partial charge in [-0.3, -0.25) is 0 Å². The van der Waals surface area contributed by atoms with Gasteiger partial charge in [0.2, 0.25) is 0 Å². The van der Waals surface area contributed by atoms with E-state index in [1.54, 1.807) is 18.3 Å². The van der Waals surface area contributed by atoms with E-state index in [9.17, 15) is 0 Å². The minimum Gasteiger partial charge on any atom is -0.399 e. The summed E-state index contributed by atoms with van der Waals surface area (Å²) in [5.74, 6) is 0.762. The van der Waals surface area contributed by atoms with Crippen LogP contribution in [-0.4, -0.2) is 11.5 Å². The first kappa shape index (κ1) is 11.5. The van der Waals surface area contributed by atoms with E-state index in [1.165, 1.54) is 11.1 Å². The van der Waals surface area contributed by atoms with Gasteiger partial charge >= 0.3 is 0 Å². The van der Waals surface area contributed by atoms with Gasteiger partial charge in [-0.05, 0) is 41.8 Å². The van der Waals surface area contributed by atoms with Crippen LogP contribution in [0.4, 0.5) is 11.5 Å². The molecule has 1 aliphatic heterocycles. The molecule has 4 heteroatoms. The Labute approximate surface area is 112 Å². The smallest absolute Gasteiger partial charge is 0.146 e. The van der Waals surface area contributed by atoms with Crippen LogP contribution in [0.15, 0.2) is 36.5 Å². The number of pyridine rings is 1. The topological polar surface area (TPSA) is 65.9 Å². The van der Waals surface area contributed by atoms with Crippen molar-refractivity contribution in [1.29, 1.82) is 5.26 Å². The van der Waals surface area contributed by atoms with E-state index in [4.69, 9.17) is 11.0 Å². The minimum atomic E-state index is 0.620. The average Bonchev–Trinajstić information content (AvgIpc) is 2.46. The number of hydrogen-bond acceptors (Lipinski definition) is 4. The summed E-state index contributed by atoms with van der Waals surface area (Å²) in [5, 5.41) is 9.15. The Hall–Kier alpha value is -2.54. The Morgan fingerprint density at radius 1 is 1.26 bits per heavy atom. The van der Waals surface area contributed by atoms with Crippen LogP contribution in [0.25, 0.3) is 0 Å². The van der Waals surface area contributed by atoms with Crippen molar-refractivity contribution in [2.75, 3.05) is 17.2 Å². The maximum Gasteiger partial charge on any atom is 0.146 e. The Bertz CT molecular complexity index is 657. The Morgan fingerprint density at radius 3 is 3.00 bits per heavy atom. The molecule has 0 aliphatic carbocycles. The molecule has 2 N–H and O–H groups in total. The number of rotatable bonds is 1. The van der Waals surface area contributed by atoms with Crippen molar-refractivity contribution in [3.8, 4) is 6.07 Å². The molecule has 1 aliphatic rings. The zero-order valence-electron chi connectivity index (χ0n) is 10.5. The van der Waals surface area contributed by atoms with Crippen molar-refractivity contribution in [1.82, 2.24) is 4.98 Å². The molecule has 1 aromatic carbocycles. The lowest BCUT2D eigenvalue weighted by atomic mass is 9.99. The van der Waals surface area contributed by atoms with Crippen LogP contribution in [0.1, 0.15) is 16.7 Å². The Kier molecular flexibility index (Phi) is 2.81. The first-order valence-corrected chi connectivity index (χ1v) is 6.25. The molecule has 4 nitrogen and oxygen atoms in total. The second kappa shape index (κ2) is 4.62. The quantitative estimate of drug-likeness (QED) is 0.787. The highest BCUT2D eigenvalue weighted by Gasteiger charge is 2.19. The highest BCUT2D eigenvalue weighted by molar-refractivity contribution is 5.56. The van der Waals surface area contributed by atoms with Gasteiger partial charge in [0.1, 0.15) is 11.9 Å². The summed E-state index contributed by atoms with van der Waals surface area (Å²) >= 11 is 0. The molecule has 94 valence electrons. The molecule has 0 fully saturated rings. The van der Waals surface area contributed by atoms with E-state index < -0.39 is 0 Å². The van der Waals surface area contributed by atoms with Crippen molar-refractivity contribution in [3.05, 3.63) is 53.2 Å². The first-order chi connectivity index (χ1) is 9.28. The van der Waals surface area contributed by atoms with E-state index >= 15 is 0 Å². The molecule has 0 amide bonds. The van der Waals surface area contributed by atoms with Crippen LogP contribution in [0.2, 0.25) is 0 Å². The zero-order valence-corrected chi connectivity index (χ0v) is 10.5.